The second-order valence-electron chi connectivity index (χ2n) is 7.02. The Bertz CT molecular complexity index is 1170. The van der Waals surface area contributed by atoms with Crippen LogP contribution in [-0.2, 0) is 19.6 Å². The van der Waals surface area contributed by atoms with Crippen LogP contribution < -0.4 is 19.7 Å². The van der Waals surface area contributed by atoms with Gasteiger partial charge in [0, 0.05) is 35.5 Å². The van der Waals surface area contributed by atoms with E-state index >= 15 is 0 Å². The molecule has 160 valence electrons. The van der Waals surface area contributed by atoms with E-state index in [1.54, 1.807) is 54.2 Å². The fourth-order valence-electron chi connectivity index (χ4n) is 3.35. The number of nitrogens with one attached hydrogen (secondary N) is 2. The quantitative estimate of drug-likeness (QED) is 0.545. The summed E-state index contributed by atoms with van der Waals surface area (Å²) in [4.78, 5) is 25.9. The van der Waals surface area contributed by atoms with Gasteiger partial charge in [-0.1, -0.05) is 30.3 Å². The average Bonchev–Trinajstić information content (AvgIpc) is 2.76. The molecule has 0 bridgehead atoms. The smallest absolute Gasteiger partial charge is 0.410 e. The van der Waals surface area contributed by atoms with E-state index in [9.17, 15) is 14.0 Å². The first kappa shape index (κ1) is 21.0. The molecule has 7 nitrogen and oxygen atoms in total. The number of hydrogen-bond donors (Lipinski definition) is 2. The summed E-state index contributed by atoms with van der Waals surface area (Å²) in [6, 6.07) is 15.5. The first-order chi connectivity index (χ1) is 15.0. The lowest BCUT2D eigenvalue weighted by molar-refractivity contribution is 0.134. The fraction of sp³-hybridized carbons (Fsp3) is 0.182. The van der Waals surface area contributed by atoms with E-state index in [1.807, 2.05) is 12.1 Å². The highest BCUT2D eigenvalue weighted by molar-refractivity contribution is 7.98. The van der Waals surface area contributed by atoms with Gasteiger partial charge >= 0.3 is 6.09 Å². The molecule has 0 unspecified atom stereocenters. The second-order valence-corrected chi connectivity index (χ2v) is 7.84. The van der Waals surface area contributed by atoms with Crippen molar-refractivity contribution in [1.29, 1.82) is 0 Å². The molecule has 1 aliphatic rings. The monoisotopic (exact) mass is 440 g/mol. The van der Waals surface area contributed by atoms with Crippen molar-refractivity contribution in [2.75, 3.05) is 11.8 Å². The van der Waals surface area contributed by atoms with Gasteiger partial charge in [0.05, 0.1) is 25.3 Å². The summed E-state index contributed by atoms with van der Waals surface area (Å²) in [6.07, 6.45) is 1.17. The Morgan fingerprint density at radius 1 is 1.10 bits per heavy atom. The normalized spacial score (nSPS) is 13.0. The number of pyridine rings is 1. The van der Waals surface area contributed by atoms with Crippen molar-refractivity contribution in [3.63, 3.8) is 0 Å². The molecule has 1 aliphatic heterocycles. The molecule has 0 saturated carbocycles. The highest BCUT2D eigenvalue weighted by atomic mass is 32.2. The van der Waals surface area contributed by atoms with Crippen LogP contribution >= 0.6 is 12.1 Å². The Hall–Kier alpha value is -3.30. The van der Waals surface area contributed by atoms with Gasteiger partial charge in [0.25, 0.3) is 5.56 Å². The number of rotatable bonds is 7. The molecule has 2 aromatic carbocycles. The van der Waals surface area contributed by atoms with Gasteiger partial charge in [0.2, 0.25) is 0 Å². The molecular formula is C22H21FN4O3S. The second kappa shape index (κ2) is 9.23. The lowest BCUT2D eigenvalue weighted by Crippen LogP contribution is -2.36. The van der Waals surface area contributed by atoms with Gasteiger partial charge in [-0.05, 0) is 30.8 Å². The first-order valence-corrected chi connectivity index (χ1v) is 10.5. The zero-order chi connectivity index (χ0) is 21.8. The number of nitrogens with zero attached hydrogens (tertiary/aromatic N) is 2. The summed E-state index contributed by atoms with van der Waals surface area (Å²) in [5.41, 5.74) is 2.30. The molecule has 0 aliphatic carbocycles. The summed E-state index contributed by atoms with van der Waals surface area (Å²) in [5.74, 6) is 0.0523. The van der Waals surface area contributed by atoms with Gasteiger partial charge in [-0.25, -0.2) is 13.9 Å². The minimum Gasteiger partial charge on any atom is -0.410 e. The molecule has 9 heteroatoms. The number of amides is 1. The van der Waals surface area contributed by atoms with E-state index in [0.29, 0.717) is 30.1 Å². The number of carbonyl (C=O) groups is 1. The van der Waals surface area contributed by atoms with Crippen LogP contribution in [0.3, 0.4) is 0 Å². The van der Waals surface area contributed by atoms with Crippen LogP contribution in [0, 0.1) is 5.82 Å². The van der Waals surface area contributed by atoms with Crippen LogP contribution in [0.5, 0.6) is 5.75 Å². The maximum Gasteiger partial charge on any atom is 0.415 e. The lowest BCUT2D eigenvalue weighted by Gasteiger charge is -2.28. The van der Waals surface area contributed by atoms with Crippen molar-refractivity contribution < 1.29 is 13.9 Å². The first-order valence-electron chi connectivity index (χ1n) is 9.65. The van der Waals surface area contributed by atoms with Crippen LogP contribution in [0.4, 0.5) is 14.9 Å². The number of ether oxygens (including phenoxy) is 1. The van der Waals surface area contributed by atoms with E-state index < -0.39 is 11.9 Å². The molecule has 1 amide bonds. The van der Waals surface area contributed by atoms with Crippen LogP contribution in [-0.4, -0.2) is 22.6 Å². The standard InChI is InChI=1S/C22H21FN4O3S/c1-24-31-25-18-6-4-5-17(21(18)23)14-27-13-16-9-8-15(11-19(16)30-22(27)29)12-26-10-3-2-7-20(26)28/h2-11,24-25H,12-14H2,1H3. The third-order valence-electron chi connectivity index (χ3n) is 4.90. The number of fused-ring (bicyclic) bond motifs is 1. The predicted molar refractivity (Wildman–Crippen MR) is 118 cm³/mol. The third-order valence-corrected chi connectivity index (χ3v) is 5.43. The maximum absolute atomic E-state index is 14.8. The Morgan fingerprint density at radius 2 is 1.97 bits per heavy atom. The summed E-state index contributed by atoms with van der Waals surface area (Å²) in [6.45, 7) is 0.775. The van der Waals surface area contributed by atoms with Crippen molar-refractivity contribution in [3.8, 4) is 5.75 Å². The van der Waals surface area contributed by atoms with Gasteiger partial charge < -0.3 is 14.0 Å². The molecule has 0 radical (unpaired) electrons. The van der Waals surface area contributed by atoms with E-state index in [1.165, 1.54) is 11.0 Å². The van der Waals surface area contributed by atoms with Crippen LogP contribution in [0.2, 0.25) is 0 Å². The largest absolute Gasteiger partial charge is 0.415 e. The zero-order valence-electron chi connectivity index (χ0n) is 16.8. The van der Waals surface area contributed by atoms with Crippen molar-refractivity contribution >= 4 is 23.9 Å². The minimum atomic E-state index is -0.538. The average molecular weight is 441 g/mol. The molecule has 1 aromatic heterocycles. The van der Waals surface area contributed by atoms with Gasteiger partial charge in [0.15, 0.2) is 5.82 Å². The molecule has 0 fully saturated rings. The highest BCUT2D eigenvalue weighted by Gasteiger charge is 2.26. The van der Waals surface area contributed by atoms with Gasteiger partial charge in [-0.15, -0.1) is 0 Å². The molecule has 4 rings (SSSR count). The molecule has 3 aromatic rings. The molecule has 0 spiro atoms. The SMILES string of the molecule is CNSNc1cccc(CN2Cc3ccc(Cn4ccccc4=O)cc3OC2=O)c1F. The number of halogens is 1. The van der Waals surface area contributed by atoms with Crippen LogP contribution in [0.15, 0.2) is 65.6 Å². The number of aromatic nitrogens is 1. The van der Waals surface area contributed by atoms with Crippen molar-refractivity contribution in [3.05, 3.63) is 93.7 Å². The molecule has 2 N–H and O–H groups in total. The van der Waals surface area contributed by atoms with Crippen molar-refractivity contribution in [2.24, 2.45) is 0 Å². The van der Waals surface area contributed by atoms with E-state index in [4.69, 9.17) is 4.74 Å². The maximum atomic E-state index is 14.8. The van der Waals surface area contributed by atoms with E-state index in [0.717, 1.165) is 23.3 Å². The topological polar surface area (TPSA) is 75.6 Å². The Labute approximate surface area is 183 Å². The minimum absolute atomic E-state index is 0.0883. The summed E-state index contributed by atoms with van der Waals surface area (Å²) < 4.78 is 27.5. The molecule has 0 atom stereocenters. The van der Waals surface area contributed by atoms with E-state index in [2.05, 4.69) is 9.44 Å². The Kier molecular flexibility index (Phi) is 6.24. The van der Waals surface area contributed by atoms with Crippen molar-refractivity contribution in [2.45, 2.75) is 19.6 Å². The summed E-state index contributed by atoms with van der Waals surface area (Å²) in [5, 5.41) is 0. The summed E-state index contributed by atoms with van der Waals surface area (Å²) >= 11 is 1.16. The van der Waals surface area contributed by atoms with E-state index in [-0.39, 0.29) is 12.1 Å². The van der Waals surface area contributed by atoms with Gasteiger partial charge in [-0.3, -0.25) is 9.69 Å². The number of hydrogen-bond acceptors (Lipinski definition) is 6. The Balaban J connectivity index is 1.50. The van der Waals surface area contributed by atoms with Crippen LogP contribution in [0.1, 0.15) is 16.7 Å². The molecule has 31 heavy (non-hydrogen) atoms. The summed E-state index contributed by atoms with van der Waals surface area (Å²) in [7, 11) is 1.73. The van der Waals surface area contributed by atoms with Crippen molar-refractivity contribution in [1.82, 2.24) is 14.2 Å². The molecular weight excluding hydrogens is 419 g/mol. The van der Waals surface area contributed by atoms with Gasteiger partial charge in [0.1, 0.15) is 5.75 Å². The highest BCUT2D eigenvalue weighted by Crippen LogP contribution is 2.29. The number of benzene rings is 2. The number of carbonyl (C=O) groups excluding carboxylic acids is 1. The fourth-order valence-corrected chi connectivity index (χ4v) is 3.72. The molecule has 0 saturated heterocycles. The molecule has 2 heterocycles. The third kappa shape index (κ3) is 4.73. The zero-order valence-corrected chi connectivity index (χ0v) is 17.6. The van der Waals surface area contributed by atoms with Crippen LogP contribution in [0.25, 0.3) is 0 Å². The number of anilines is 1. The predicted octanol–water partition coefficient (Wildman–Crippen LogP) is 3.74. The Morgan fingerprint density at radius 3 is 2.77 bits per heavy atom. The lowest BCUT2D eigenvalue weighted by atomic mass is 10.1. The van der Waals surface area contributed by atoms with Gasteiger partial charge in [-0.2, -0.15) is 0 Å².